The molecule has 3 heteroatoms. The maximum absolute atomic E-state index is 11.5. The highest BCUT2D eigenvalue weighted by Crippen LogP contribution is 2.31. The predicted octanol–water partition coefficient (Wildman–Crippen LogP) is 5.42. The number of rotatable bonds is 7. The second-order valence-electron chi connectivity index (χ2n) is 6.71. The first-order valence-electron chi connectivity index (χ1n) is 8.07. The maximum atomic E-state index is 11.5. The highest BCUT2D eigenvalue weighted by Gasteiger charge is 2.18. The van der Waals surface area contributed by atoms with Crippen molar-refractivity contribution in [1.82, 2.24) is 0 Å². The molecule has 126 valence electrons. The SMILES string of the molecule is C=C(/C=C(/Nc1ccc(C(=O)OC)cc1)C(C)C)C(C)(C)CC. The highest BCUT2D eigenvalue weighted by molar-refractivity contribution is 5.89. The van der Waals surface area contributed by atoms with E-state index in [1.807, 2.05) is 12.1 Å². The van der Waals surface area contributed by atoms with Crippen molar-refractivity contribution in [3.8, 4) is 0 Å². The second kappa shape index (κ2) is 8.00. The minimum Gasteiger partial charge on any atom is -0.465 e. The van der Waals surface area contributed by atoms with Gasteiger partial charge < -0.3 is 10.1 Å². The first kappa shape index (κ1) is 19.0. The summed E-state index contributed by atoms with van der Waals surface area (Å²) in [5, 5.41) is 3.44. The van der Waals surface area contributed by atoms with Crippen molar-refractivity contribution in [3.05, 3.63) is 53.8 Å². The monoisotopic (exact) mass is 315 g/mol. The average Bonchev–Trinajstić information content (AvgIpc) is 2.53. The van der Waals surface area contributed by atoms with Crippen molar-refractivity contribution < 1.29 is 9.53 Å². The number of methoxy groups -OCH3 is 1. The number of hydrogen-bond donors (Lipinski definition) is 1. The van der Waals surface area contributed by atoms with Crippen LogP contribution in [-0.2, 0) is 4.74 Å². The zero-order valence-electron chi connectivity index (χ0n) is 15.2. The van der Waals surface area contributed by atoms with E-state index in [1.165, 1.54) is 7.11 Å². The van der Waals surface area contributed by atoms with Crippen LogP contribution in [-0.4, -0.2) is 13.1 Å². The van der Waals surface area contributed by atoms with E-state index in [0.717, 1.165) is 23.4 Å². The molecule has 23 heavy (non-hydrogen) atoms. The smallest absolute Gasteiger partial charge is 0.337 e. The zero-order chi connectivity index (χ0) is 17.6. The van der Waals surface area contributed by atoms with Crippen LogP contribution in [0.15, 0.2) is 48.2 Å². The first-order chi connectivity index (χ1) is 10.7. The summed E-state index contributed by atoms with van der Waals surface area (Å²) >= 11 is 0. The van der Waals surface area contributed by atoms with Gasteiger partial charge in [-0.3, -0.25) is 0 Å². The molecule has 1 aromatic rings. The minimum absolute atomic E-state index is 0.0799. The van der Waals surface area contributed by atoms with Crippen LogP contribution in [0.4, 0.5) is 5.69 Å². The lowest BCUT2D eigenvalue weighted by Crippen LogP contribution is -2.14. The zero-order valence-corrected chi connectivity index (χ0v) is 15.2. The average molecular weight is 315 g/mol. The van der Waals surface area contributed by atoms with Crippen molar-refractivity contribution in [1.29, 1.82) is 0 Å². The molecule has 0 heterocycles. The van der Waals surface area contributed by atoms with E-state index in [0.29, 0.717) is 11.5 Å². The molecule has 1 aromatic carbocycles. The standard InChI is InChI=1S/C20H29NO2/c1-8-20(5,6)15(4)13-18(14(2)3)21-17-11-9-16(10-12-17)19(22)23-7/h9-14,21H,4,8H2,1-3,5-7H3/b18-13+. The van der Waals surface area contributed by atoms with Crippen LogP contribution >= 0.6 is 0 Å². The molecule has 0 saturated heterocycles. The van der Waals surface area contributed by atoms with Crippen LogP contribution in [0, 0.1) is 11.3 Å². The van der Waals surface area contributed by atoms with Crippen molar-refractivity contribution in [3.63, 3.8) is 0 Å². The highest BCUT2D eigenvalue weighted by atomic mass is 16.5. The van der Waals surface area contributed by atoms with Gasteiger partial charge in [0.2, 0.25) is 0 Å². The number of benzene rings is 1. The third kappa shape index (κ3) is 5.27. The lowest BCUT2D eigenvalue weighted by atomic mass is 9.81. The van der Waals surface area contributed by atoms with Gasteiger partial charge in [0.1, 0.15) is 0 Å². The van der Waals surface area contributed by atoms with Gasteiger partial charge in [0.15, 0.2) is 0 Å². The number of anilines is 1. The summed E-state index contributed by atoms with van der Waals surface area (Å²) in [5.41, 5.74) is 3.80. The number of carbonyl (C=O) groups is 1. The van der Waals surface area contributed by atoms with Gasteiger partial charge in [0.05, 0.1) is 12.7 Å². The Hall–Kier alpha value is -2.03. The lowest BCUT2D eigenvalue weighted by molar-refractivity contribution is 0.0601. The number of ether oxygens (including phenoxy) is 1. The van der Waals surface area contributed by atoms with Gasteiger partial charge >= 0.3 is 5.97 Å². The van der Waals surface area contributed by atoms with E-state index in [9.17, 15) is 4.79 Å². The molecule has 0 radical (unpaired) electrons. The van der Waals surface area contributed by atoms with Gasteiger partial charge in [-0.2, -0.15) is 0 Å². The summed E-state index contributed by atoms with van der Waals surface area (Å²) in [7, 11) is 1.38. The Bertz CT molecular complexity index is 580. The molecule has 0 atom stereocenters. The summed E-state index contributed by atoms with van der Waals surface area (Å²) in [4.78, 5) is 11.5. The molecule has 1 N–H and O–H groups in total. The normalized spacial score (nSPS) is 12.2. The van der Waals surface area contributed by atoms with Crippen molar-refractivity contribution in [2.45, 2.75) is 41.0 Å². The molecule has 0 aromatic heterocycles. The summed E-state index contributed by atoms with van der Waals surface area (Å²) in [6.07, 6.45) is 3.18. The van der Waals surface area contributed by atoms with E-state index < -0.39 is 0 Å². The maximum Gasteiger partial charge on any atom is 0.337 e. The van der Waals surface area contributed by atoms with Gasteiger partial charge in [0, 0.05) is 11.4 Å². The summed E-state index contributed by atoms with van der Waals surface area (Å²) in [5.74, 6) is 0.0222. The Kier molecular flexibility index (Phi) is 6.62. The van der Waals surface area contributed by atoms with Crippen LogP contribution in [0.2, 0.25) is 0 Å². The Balaban J connectivity index is 2.97. The van der Waals surface area contributed by atoms with Crippen LogP contribution < -0.4 is 5.32 Å². The Labute approximate surface area is 140 Å². The fourth-order valence-electron chi connectivity index (χ4n) is 1.93. The largest absolute Gasteiger partial charge is 0.465 e. The van der Waals surface area contributed by atoms with Crippen LogP contribution in [0.25, 0.3) is 0 Å². The van der Waals surface area contributed by atoms with Crippen LogP contribution in [0.3, 0.4) is 0 Å². The summed E-state index contributed by atoms with van der Waals surface area (Å²) in [6.45, 7) is 15.1. The Morgan fingerprint density at radius 1 is 1.30 bits per heavy atom. The molecule has 0 aliphatic carbocycles. The Morgan fingerprint density at radius 3 is 2.30 bits per heavy atom. The fourth-order valence-corrected chi connectivity index (χ4v) is 1.93. The molecule has 1 rings (SSSR count). The van der Waals surface area contributed by atoms with Gasteiger partial charge in [0.25, 0.3) is 0 Å². The number of hydrogen-bond acceptors (Lipinski definition) is 3. The third-order valence-electron chi connectivity index (χ3n) is 4.30. The van der Waals surface area contributed by atoms with Gasteiger partial charge in [-0.1, -0.05) is 41.2 Å². The topological polar surface area (TPSA) is 38.3 Å². The van der Waals surface area contributed by atoms with Crippen LogP contribution in [0.5, 0.6) is 0 Å². The van der Waals surface area contributed by atoms with E-state index in [-0.39, 0.29) is 11.4 Å². The molecule has 0 bridgehead atoms. The van der Waals surface area contributed by atoms with Gasteiger partial charge in [-0.15, -0.1) is 0 Å². The van der Waals surface area contributed by atoms with E-state index >= 15 is 0 Å². The Morgan fingerprint density at radius 2 is 1.87 bits per heavy atom. The van der Waals surface area contributed by atoms with Gasteiger partial charge in [-0.25, -0.2) is 4.79 Å². The number of nitrogens with one attached hydrogen (secondary N) is 1. The summed E-state index contributed by atoms with van der Waals surface area (Å²) < 4.78 is 4.72. The molecule has 3 nitrogen and oxygen atoms in total. The molecule has 0 saturated carbocycles. The number of allylic oxidation sites excluding steroid dienone is 3. The van der Waals surface area contributed by atoms with Crippen molar-refractivity contribution in [2.24, 2.45) is 11.3 Å². The summed E-state index contributed by atoms with van der Waals surface area (Å²) in [6, 6.07) is 7.29. The molecule has 0 spiro atoms. The van der Waals surface area contributed by atoms with E-state index in [1.54, 1.807) is 12.1 Å². The first-order valence-corrected chi connectivity index (χ1v) is 8.07. The van der Waals surface area contributed by atoms with Gasteiger partial charge in [-0.05, 0) is 53.7 Å². The second-order valence-corrected chi connectivity index (χ2v) is 6.71. The minimum atomic E-state index is -0.325. The van der Waals surface area contributed by atoms with Crippen molar-refractivity contribution >= 4 is 11.7 Å². The predicted molar refractivity (Wildman–Crippen MR) is 97.5 cm³/mol. The molecule has 0 aliphatic rings. The fraction of sp³-hybridized carbons (Fsp3) is 0.450. The molecular formula is C20H29NO2. The molecule has 0 aliphatic heterocycles. The molecule has 0 fully saturated rings. The number of carbonyl (C=O) groups excluding carboxylic acids is 1. The van der Waals surface area contributed by atoms with Crippen LogP contribution in [0.1, 0.15) is 51.4 Å². The molecular weight excluding hydrogens is 286 g/mol. The number of esters is 1. The molecule has 0 amide bonds. The van der Waals surface area contributed by atoms with E-state index in [2.05, 4.69) is 52.6 Å². The van der Waals surface area contributed by atoms with Crippen molar-refractivity contribution in [2.75, 3.05) is 12.4 Å². The molecule has 0 unspecified atom stereocenters. The third-order valence-corrected chi connectivity index (χ3v) is 4.30. The van der Waals surface area contributed by atoms with E-state index in [4.69, 9.17) is 4.74 Å². The quantitative estimate of drug-likeness (QED) is 0.539. The lowest BCUT2D eigenvalue weighted by Gasteiger charge is -2.25.